The highest BCUT2D eigenvalue weighted by Gasteiger charge is 2.13. The SMILES string of the molecule is CCCN(CC)CCNC(C)C(=O)N(C)C. The van der Waals surface area contributed by atoms with Crippen molar-refractivity contribution in [1.29, 1.82) is 0 Å². The second-order valence-corrected chi connectivity index (χ2v) is 4.34. The van der Waals surface area contributed by atoms with Crippen LogP contribution < -0.4 is 5.32 Å². The lowest BCUT2D eigenvalue weighted by molar-refractivity contribution is -0.130. The molecule has 16 heavy (non-hydrogen) atoms. The Morgan fingerprint density at radius 1 is 1.25 bits per heavy atom. The van der Waals surface area contributed by atoms with Crippen LogP contribution in [0.3, 0.4) is 0 Å². The molecule has 96 valence electrons. The summed E-state index contributed by atoms with van der Waals surface area (Å²) in [5.74, 6) is 0.138. The van der Waals surface area contributed by atoms with Crippen LogP contribution in [0.25, 0.3) is 0 Å². The molecule has 0 aromatic rings. The number of carbonyl (C=O) groups is 1. The molecule has 1 amide bonds. The van der Waals surface area contributed by atoms with Gasteiger partial charge in [-0.2, -0.15) is 0 Å². The standard InChI is InChI=1S/C12H27N3O/c1-6-9-15(7-2)10-8-13-11(3)12(16)14(4)5/h11,13H,6-10H2,1-5H3. The highest BCUT2D eigenvalue weighted by atomic mass is 16.2. The lowest BCUT2D eigenvalue weighted by Crippen LogP contribution is -2.44. The molecule has 0 aliphatic heterocycles. The highest BCUT2D eigenvalue weighted by molar-refractivity contribution is 5.80. The van der Waals surface area contributed by atoms with Crippen LogP contribution in [-0.2, 0) is 4.79 Å². The van der Waals surface area contributed by atoms with Crippen molar-refractivity contribution in [3.05, 3.63) is 0 Å². The van der Waals surface area contributed by atoms with Crippen LogP contribution >= 0.6 is 0 Å². The summed E-state index contributed by atoms with van der Waals surface area (Å²) >= 11 is 0. The molecule has 1 atom stereocenters. The zero-order valence-electron chi connectivity index (χ0n) is 11.4. The maximum Gasteiger partial charge on any atom is 0.238 e. The molecular formula is C12H27N3O. The largest absolute Gasteiger partial charge is 0.347 e. The second kappa shape index (κ2) is 8.53. The minimum atomic E-state index is -0.0877. The van der Waals surface area contributed by atoms with Crippen LogP contribution in [0.2, 0.25) is 0 Å². The predicted molar refractivity (Wildman–Crippen MR) is 68.6 cm³/mol. The van der Waals surface area contributed by atoms with Crippen LogP contribution in [0.15, 0.2) is 0 Å². The summed E-state index contributed by atoms with van der Waals surface area (Å²) in [6, 6.07) is -0.0877. The number of amides is 1. The van der Waals surface area contributed by atoms with Gasteiger partial charge in [-0.25, -0.2) is 0 Å². The number of carbonyl (C=O) groups excluding carboxylic acids is 1. The molecule has 0 spiro atoms. The van der Waals surface area contributed by atoms with Crippen LogP contribution in [-0.4, -0.2) is 62.0 Å². The maximum absolute atomic E-state index is 11.6. The Kier molecular flexibility index (Phi) is 8.21. The van der Waals surface area contributed by atoms with E-state index in [2.05, 4.69) is 24.1 Å². The summed E-state index contributed by atoms with van der Waals surface area (Å²) in [7, 11) is 3.58. The molecule has 0 radical (unpaired) electrons. The summed E-state index contributed by atoms with van der Waals surface area (Å²) < 4.78 is 0. The van der Waals surface area contributed by atoms with E-state index in [1.165, 1.54) is 6.42 Å². The normalized spacial score (nSPS) is 12.9. The van der Waals surface area contributed by atoms with Crippen molar-refractivity contribution >= 4 is 5.91 Å². The first kappa shape index (κ1) is 15.4. The van der Waals surface area contributed by atoms with Crippen molar-refractivity contribution < 1.29 is 4.79 Å². The van der Waals surface area contributed by atoms with Crippen molar-refractivity contribution in [1.82, 2.24) is 15.1 Å². The molecule has 0 aliphatic carbocycles. The summed E-state index contributed by atoms with van der Waals surface area (Å²) in [6.07, 6.45) is 1.18. The third-order valence-electron chi connectivity index (χ3n) is 2.68. The average molecular weight is 229 g/mol. The maximum atomic E-state index is 11.6. The van der Waals surface area contributed by atoms with Gasteiger partial charge in [-0.1, -0.05) is 13.8 Å². The van der Waals surface area contributed by atoms with Gasteiger partial charge in [0.15, 0.2) is 0 Å². The van der Waals surface area contributed by atoms with Crippen molar-refractivity contribution in [2.24, 2.45) is 0 Å². The monoisotopic (exact) mass is 229 g/mol. The molecule has 0 aromatic carbocycles. The molecule has 0 saturated carbocycles. The zero-order valence-corrected chi connectivity index (χ0v) is 11.4. The van der Waals surface area contributed by atoms with Crippen molar-refractivity contribution in [3.8, 4) is 0 Å². The fourth-order valence-electron chi connectivity index (χ4n) is 1.66. The van der Waals surface area contributed by atoms with E-state index in [4.69, 9.17) is 0 Å². The van der Waals surface area contributed by atoms with Crippen molar-refractivity contribution in [2.45, 2.75) is 33.2 Å². The molecule has 0 bridgehead atoms. The smallest absolute Gasteiger partial charge is 0.238 e. The Bertz CT molecular complexity index is 195. The molecule has 0 fully saturated rings. The van der Waals surface area contributed by atoms with Crippen LogP contribution in [0.4, 0.5) is 0 Å². The van der Waals surface area contributed by atoms with E-state index in [1.54, 1.807) is 19.0 Å². The Balaban J connectivity index is 3.75. The van der Waals surface area contributed by atoms with Crippen molar-refractivity contribution in [3.63, 3.8) is 0 Å². The minimum Gasteiger partial charge on any atom is -0.347 e. The lowest BCUT2D eigenvalue weighted by Gasteiger charge is -2.22. The second-order valence-electron chi connectivity index (χ2n) is 4.34. The van der Waals surface area contributed by atoms with Gasteiger partial charge in [-0.3, -0.25) is 4.79 Å². The topological polar surface area (TPSA) is 35.6 Å². The lowest BCUT2D eigenvalue weighted by atomic mass is 10.3. The Labute approximate surface area is 100.0 Å². The summed E-state index contributed by atoms with van der Waals surface area (Å²) in [6.45, 7) is 10.4. The van der Waals surface area contributed by atoms with Crippen LogP contribution in [0.5, 0.6) is 0 Å². The van der Waals surface area contributed by atoms with E-state index in [-0.39, 0.29) is 11.9 Å². The van der Waals surface area contributed by atoms with E-state index >= 15 is 0 Å². The van der Waals surface area contributed by atoms with Gasteiger partial charge >= 0.3 is 0 Å². The molecule has 0 aromatic heterocycles. The first-order valence-corrected chi connectivity index (χ1v) is 6.19. The molecular weight excluding hydrogens is 202 g/mol. The minimum absolute atomic E-state index is 0.0877. The molecule has 0 rings (SSSR count). The highest BCUT2D eigenvalue weighted by Crippen LogP contribution is 1.91. The quantitative estimate of drug-likeness (QED) is 0.668. The number of nitrogens with one attached hydrogen (secondary N) is 1. The molecule has 1 N–H and O–H groups in total. The van der Waals surface area contributed by atoms with E-state index < -0.39 is 0 Å². The number of likely N-dealkylation sites (N-methyl/N-ethyl adjacent to an activating group) is 2. The van der Waals surface area contributed by atoms with E-state index in [0.29, 0.717) is 0 Å². The summed E-state index contributed by atoms with van der Waals surface area (Å²) in [5, 5.41) is 3.25. The molecule has 4 heteroatoms. The number of hydrogen-bond donors (Lipinski definition) is 1. The number of rotatable bonds is 8. The van der Waals surface area contributed by atoms with Gasteiger partial charge in [0.2, 0.25) is 5.91 Å². The first-order chi connectivity index (χ1) is 7.52. The van der Waals surface area contributed by atoms with E-state index in [9.17, 15) is 4.79 Å². The van der Waals surface area contributed by atoms with Gasteiger partial charge in [0.25, 0.3) is 0 Å². The Morgan fingerprint density at radius 3 is 2.31 bits per heavy atom. The van der Waals surface area contributed by atoms with Gasteiger partial charge in [0.1, 0.15) is 0 Å². The van der Waals surface area contributed by atoms with Gasteiger partial charge in [-0.15, -0.1) is 0 Å². The predicted octanol–water partition coefficient (Wildman–Crippen LogP) is 0.785. The summed E-state index contributed by atoms with van der Waals surface area (Å²) in [5.41, 5.74) is 0. The van der Waals surface area contributed by atoms with Gasteiger partial charge < -0.3 is 15.1 Å². The van der Waals surface area contributed by atoms with Crippen LogP contribution in [0.1, 0.15) is 27.2 Å². The number of nitrogens with zero attached hydrogens (tertiary/aromatic N) is 2. The van der Waals surface area contributed by atoms with Gasteiger partial charge in [0.05, 0.1) is 6.04 Å². The van der Waals surface area contributed by atoms with E-state index in [1.807, 2.05) is 6.92 Å². The van der Waals surface area contributed by atoms with Gasteiger partial charge in [0, 0.05) is 27.2 Å². The third-order valence-corrected chi connectivity index (χ3v) is 2.68. The molecule has 0 heterocycles. The Morgan fingerprint density at radius 2 is 1.88 bits per heavy atom. The molecule has 1 unspecified atom stereocenters. The van der Waals surface area contributed by atoms with Gasteiger partial charge in [-0.05, 0) is 26.4 Å². The Hall–Kier alpha value is -0.610. The molecule has 0 saturated heterocycles. The average Bonchev–Trinajstić information content (AvgIpc) is 2.26. The molecule has 4 nitrogen and oxygen atoms in total. The third kappa shape index (κ3) is 6.08. The fraction of sp³-hybridized carbons (Fsp3) is 0.917. The fourth-order valence-corrected chi connectivity index (χ4v) is 1.66. The molecule has 0 aliphatic rings. The van der Waals surface area contributed by atoms with E-state index in [0.717, 1.165) is 26.2 Å². The van der Waals surface area contributed by atoms with Crippen molar-refractivity contribution in [2.75, 3.05) is 40.3 Å². The first-order valence-electron chi connectivity index (χ1n) is 6.19. The number of hydrogen-bond acceptors (Lipinski definition) is 3. The van der Waals surface area contributed by atoms with Crippen LogP contribution in [0, 0.1) is 0 Å². The summed E-state index contributed by atoms with van der Waals surface area (Å²) in [4.78, 5) is 15.6. The zero-order chi connectivity index (χ0) is 12.6.